The van der Waals surface area contributed by atoms with E-state index in [-0.39, 0.29) is 22.4 Å². The third-order valence-electron chi connectivity index (χ3n) is 2.85. The quantitative estimate of drug-likeness (QED) is 0.573. The summed E-state index contributed by atoms with van der Waals surface area (Å²) in [7, 11) is -3.55. The maximum atomic E-state index is 12.1. The lowest BCUT2D eigenvalue weighted by atomic mass is 10.2. The molecule has 1 saturated heterocycles. The second kappa shape index (κ2) is 5.38. The standard InChI is InChI=1S/C11H16N2O3S2/c12-10-7-9(1-2-11(10)14)18(15,16)13-8-3-5-17-6-4-8/h1-2,7-8,13-14H,3-6,12H2. The topological polar surface area (TPSA) is 92.4 Å². The molecule has 0 radical (unpaired) electrons. The summed E-state index contributed by atoms with van der Waals surface area (Å²) in [6, 6.07) is 3.91. The summed E-state index contributed by atoms with van der Waals surface area (Å²) < 4.78 is 26.9. The van der Waals surface area contributed by atoms with Crippen molar-refractivity contribution in [2.45, 2.75) is 23.8 Å². The minimum Gasteiger partial charge on any atom is -0.506 e. The third kappa shape index (κ3) is 3.09. The first-order chi connectivity index (χ1) is 8.49. The van der Waals surface area contributed by atoms with Crippen LogP contribution >= 0.6 is 11.8 Å². The molecule has 0 saturated carbocycles. The molecule has 0 bridgehead atoms. The number of nitrogen functional groups attached to an aromatic ring is 1. The molecule has 0 amide bonds. The van der Waals surface area contributed by atoms with E-state index in [1.807, 2.05) is 11.8 Å². The van der Waals surface area contributed by atoms with Gasteiger partial charge in [0.2, 0.25) is 10.0 Å². The van der Waals surface area contributed by atoms with E-state index in [2.05, 4.69) is 4.72 Å². The molecule has 0 atom stereocenters. The van der Waals surface area contributed by atoms with E-state index >= 15 is 0 Å². The number of phenolic OH excluding ortho intramolecular Hbond substituents is 1. The molecule has 0 unspecified atom stereocenters. The fourth-order valence-electron chi connectivity index (χ4n) is 1.80. The predicted molar refractivity (Wildman–Crippen MR) is 73.2 cm³/mol. The number of aromatic hydroxyl groups is 1. The van der Waals surface area contributed by atoms with Crippen LogP contribution in [0.1, 0.15) is 12.8 Å². The molecule has 1 heterocycles. The van der Waals surface area contributed by atoms with Gasteiger partial charge in [0.15, 0.2) is 0 Å². The van der Waals surface area contributed by atoms with Crippen molar-refractivity contribution in [3.05, 3.63) is 18.2 Å². The summed E-state index contributed by atoms with van der Waals surface area (Å²) in [5, 5.41) is 9.29. The minimum atomic E-state index is -3.55. The number of hydrogen-bond donors (Lipinski definition) is 3. The monoisotopic (exact) mass is 288 g/mol. The largest absolute Gasteiger partial charge is 0.506 e. The Morgan fingerprint density at radius 3 is 2.61 bits per heavy atom. The number of phenols is 1. The molecule has 1 aliphatic rings. The Kier molecular flexibility index (Phi) is 4.04. The van der Waals surface area contributed by atoms with Crippen LogP contribution < -0.4 is 10.5 Å². The molecule has 5 nitrogen and oxygen atoms in total. The van der Waals surface area contributed by atoms with Gasteiger partial charge in [-0.2, -0.15) is 11.8 Å². The van der Waals surface area contributed by atoms with Crippen molar-refractivity contribution in [2.24, 2.45) is 0 Å². The molecule has 7 heteroatoms. The number of sulfonamides is 1. The van der Waals surface area contributed by atoms with Crippen molar-refractivity contribution in [1.29, 1.82) is 0 Å². The Morgan fingerprint density at radius 1 is 1.33 bits per heavy atom. The lowest BCUT2D eigenvalue weighted by Gasteiger charge is -2.22. The lowest BCUT2D eigenvalue weighted by Crippen LogP contribution is -2.37. The average molecular weight is 288 g/mol. The van der Waals surface area contributed by atoms with Gasteiger partial charge in [-0.05, 0) is 42.5 Å². The molecule has 18 heavy (non-hydrogen) atoms. The number of benzene rings is 1. The highest BCUT2D eigenvalue weighted by Crippen LogP contribution is 2.24. The van der Waals surface area contributed by atoms with Gasteiger partial charge in [-0.25, -0.2) is 13.1 Å². The zero-order valence-electron chi connectivity index (χ0n) is 9.80. The second-order valence-corrected chi connectivity index (χ2v) is 7.17. The van der Waals surface area contributed by atoms with Gasteiger partial charge in [-0.15, -0.1) is 0 Å². The highest BCUT2D eigenvalue weighted by atomic mass is 32.2. The van der Waals surface area contributed by atoms with Crippen molar-refractivity contribution in [1.82, 2.24) is 4.72 Å². The Labute approximate surface area is 111 Å². The first-order valence-electron chi connectivity index (χ1n) is 5.67. The van der Waals surface area contributed by atoms with Crippen LogP contribution in [0, 0.1) is 0 Å². The van der Waals surface area contributed by atoms with Gasteiger partial charge in [0.05, 0.1) is 10.6 Å². The summed E-state index contributed by atoms with van der Waals surface area (Å²) in [6.07, 6.45) is 1.69. The molecule has 2 rings (SSSR count). The summed E-state index contributed by atoms with van der Waals surface area (Å²) in [5.74, 6) is 1.85. The van der Waals surface area contributed by atoms with Crippen LogP contribution in [0.15, 0.2) is 23.1 Å². The summed E-state index contributed by atoms with van der Waals surface area (Å²) in [4.78, 5) is 0.0935. The first kappa shape index (κ1) is 13.5. The van der Waals surface area contributed by atoms with Gasteiger partial charge < -0.3 is 10.8 Å². The van der Waals surface area contributed by atoms with Gasteiger partial charge in [0.1, 0.15) is 5.75 Å². The fourth-order valence-corrected chi connectivity index (χ4v) is 4.25. The zero-order valence-corrected chi connectivity index (χ0v) is 11.4. The van der Waals surface area contributed by atoms with Crippen molar-refractivity contribution in [3.8, 4) is 5.75 Å². The summed E-state index contributed by atoms with van der Waals surface area (Å²) in [5.41, 5.74) is 5.57. The molecular formula is C11H16N2O3S2. The van der Waals surface area contributed by atoms with E-state index in [1.54, 1.807) is 0 Å². The molecule has 0 aromatic heterocycles. The van der Waals surface area contributed by atoms with Crippen LogP contribution in [0.3, 0.4) is 0 Å². The predicted octanol–water partition coefficient (Wildman–Crippen LogP) is 1.15. The van der Waals surface area contributed by atoms with Crippen LogP contribution in [-0.4, -0.2) is 31.1 Å². The van der Waals surface area contributed by atoms with Gasteiger partial charge in [-0.3, -0.25) is 0 Å². The fraction of sp³-hybridized carbons (Fsp3) is 0.455. The highest BCUT2D eigenvalue weighted by Gasteiger charge is 2.22. The van der Waals surface area contributed by atoms with E-state index < -0.39 is 10.0 Å². The van der Waals surface area contributed by atoms with Crippen molar-refractivity contribution >= 4 is 27.5 Å². The maximum absolute atomic E-state index is 12.1. The molecule has 1 aromatic carbocycles. The van der Waals surface area contributed by atoms with Crippen molar-refractivity contribution in [3.63, 3.8) is 0 Å². The first-order valence-corrected chi connectivity index (χ1v) is 8.31. The van der Waals surface area contributed by atoms with E-state index in [0.717, 1.165) is 24.3 Å². The number of rotatable bonds is 3. The Morgan fingerprint density at radius 2 is 2.00 bits per heavy atom. The minimum absolute atomic E-state index is 0.00808. The van der Waals surface area contributed by atoms with E-state index in [9.17, 15) is 13.5 Å². The molecule has 0 spiro atoms. The number of hydrogen-bond acceptors (Lipinski definition) is 5. The normalized spacial score (nSPS) is 17.8. The van der Waals surface area contributed by atoms with Crippen LogP contribution in [-0.2, 0) is 10.0 Å². The van der Waals surface area contributed by atoms with Crippen LogP contribution in [0.5, 0.6) is 5.75 Å². The van der Waals surface area contributed by atoms with Gasteiger partial charge >= 0.3 is 0 Å². The Bertz CT molecular complexity index is 525. The molecule has 1 fully saturated rings. The molecule has 1 aromatic rings. The maximum Gasteiger partial charge on any atom is 0.240 e. The summed E-state index contributed by atoms with van der Waals surface area (Å²) in [6.45, 7) is 0. The summed E-state index contributed by atoms with van der Waals surface area (Å²) >= 11 is 1.84. The molecule has 4 N–H and O–H groups in total. The molecular weight excluding hydrogens is 272 g/mol. The Balaban J connectivity index is 2.16. The molecule has 0 aliphatic carbocycles. The van der Waals surface area contributed by atoms with Gasteiger partial charge in [-0.1, -0.05) is 0 Å². The van der Waals surface area contributed by atoms with Crippen LogP contribution in [0.25, 0.3) is 0 Å². The van der Waals surface area contributed by atoms with Crippen molar-refractivity contribution in [2.75, 3.05) is 17.2 Å². The van der Waals surface area contributed by atoms with E-state index in [1.165, 1.54) is 18.2 Å². The number of nitrogens with one attached hydrogen (secondary N) is 1. The highest BCUT2D eigenvalue weighted by molar-refractivity contribution is 7.99. The smallest absolute Gasteiger partial charge is 0.240 e. The van der Waals surface area contributed by atoms with Crippen molar-refractivity contribution < 1.29 is 13.5 Å². The van der Waals surface area contributed by atoms with E-state index in [4.69, 9.17) is 5.73 Å². The average Bonchev–Trinajstić information content (AvgIpc) is 2.33. The molecule has 1 aliphatic heterocycles. The number of thioether (sulfide) groups is 1. The molecule has 100 valence electrons. The number of nitrogens with two attached hydrogens (primary N) is 1. The van der Waals surface area contributed by atoms with Gasteiger partial charge in [0.25, 0.3) is 0 Å². The SMILES string of the molecule is Nc1cc(S(=O)(=O)NC2CCSCC2)ccc1O. The van der Waals surface area contributed by atoms with Gasteiger partial charge in [0, 0.05) is 6.04 Å². The van der Waals surface area contributed by atoms with Crippen LogP contribution in [0.2, 0.25) is 0 Å². The van der Waals surface area contributed by atoms with E-state index in [0.29, 0.717) is 0 Å². The lowest BCUT2D eigenvalue weighted by molar-refractivity contribution is 0.477. The zero-order chi connectivity index (χ0) is 13.2. The number of anilines is 1. The second-order valence-electron chi connectivity index (χ2n) is 4.23. The van der Waals surface area contributed by atoms with Crippen LogP contribution in [0.4, 0.5) is 5.69 Å². The third-order valence-corrected chi connectivity index (χ3v) is 5.42. The Hall–Kier alpha value is -0.920.